The van der Waals surface area contributed by atoms with Gasteiger partial charge in [-0.2, -0.15) is 0 Å². The lowest BCUT2D eigenvalue weighted by atomic mass is 9.89. The highest BCUT2D eigenvalue weighted by Crippen LogP contribution is 2.59. The second-order valence-corrected chi connectivity index (χ2v) is 6.56. The highest BCUT2D eigenvalue weighted by Gasteiger charge is 2.57. The van der Waals surface area contributed by atoms with Crippen LogP contribution in [0.25, 0.3) is 0 Å². The monoisotopic (exact) mass is 288 g/mol. The fraction of sp³-hybridized carbons (Fsp3) is 0.647. The summed E-state index contributed by atoms with van der Waals surface area (Å²) in [4.78, 5) is 17.0. The fourth-order valence-electron chi connectivity index (χ4n) is 3.82. The zero-order chi connectivity index (χ0) is 15.0. The van der Waals surface area contributed by atoms with E-state index < -0.39 is 0 Å². The molecule has 4 heteroatoms. The average molecular weight is 288 g/mol. The second-order valence-electron chi connectivity index (χ2n) is 6.56. The Balaban J connectivity index is 1.71. The number of methoxy groups -OCH3 is 1. The van der Waals surface area contributed by atoms with E-state index in [1.807, 2.05) is 20.0 Å². The maximum absolute atomic E-state index is 12.6. The van der Waals surface area contributed by atoms with Crippen molar-refractivity contribution >= 4 is 5.78 Å². The van der Waals surface area contributed by atoms with Crippen LogP contribution in [-0.2, 0) is 11.2 Å². The smallest absolute Gasteiger partial charge is 0.142 e. The van der Waals surface area contributed by atoms with E-state index in [1.165, 1.54) is 0 Å². The third-order valence-corrected chi connectivity index (χ3v) is 5.27. The third kappa shape index (κ3) is 2.57. The molecule has 1 aliphatic heterocycles. The lowest BCUT2D eigenvalue weighted by molar-refractivity contribution is -0.120. The average Bonchev–Trinajstić information content (AvgIpc) is 3.17. The Morgan fingerprint density at radius 2 is 2.14 bits per heavy atom. The lowest BCUT2D eigenvalue weighted by Gasteiger charge is -2.23. The molecule has 1 aromatic rings. The minimum Gasteiger partial charge on any atom is -0.496 e. The SMILES string of the molecule is COc1c(C)cnc(CC(=O)C2CC23CCNCC3)c1C. The first-order valence-corrected chi connectivity index (χ1v) is 7.80. The van der Waals surface area contributed by atoms with Crippen molar-refractivity contribution in [2.24, 2.45) is 11.3 Å². The molecule has 1 spiro atoms. The summed E-state index contributed by atoms with van der Waals surface area (Å²) in [7, 11) is 1.67. The van der Waals surface area contributed by atoms with Crippen molar-refractivity contribution in [2.45, 2.75) is 39.5 Å². The Bertz CT molecular complexity index is 562. The van der Waals surface area contributed by atoms with E-state index in [0.717, 1.165) is 54.9 Å². The molecule has 0 amide bonds. The van der Waals surface area contributed by atoms with Gasteiger partial charge in [0, 0.05) is 29.7 Å². The van der Waals surface area contributed by atoms with Gasteiger partial charge in [0.15, 0.2) is 0 Å². The number of pyridine rings is 1. The van der Waals surface area contributed by atoms with Crippen LogP contribution in [0.1, 0.15) is 36.1 Å². The molecule has 1 atom stereocenters. The van der Waals surface area contributed by atoms with Gasteiger partial charge in [-0.3, -0.25) is 9.78 Å². The summed E-state index contributed by atoms with van der Waals surface area (Å²) in [6.45, 7) is 6.09. The Labute approximate surface area is 126 Å². The number of rotatable bonds is 4. The fourth-order valence-corrected chi connectivity index (χ4v) is 3.82. The number of aromatic nitrogens is 1. The summed E-state index contributed by atoms with van der Waals surface area (Å²) in [6.07, 6.45) is 5.62. The molecule has 1 aromatic heterocycles. The molecule has 1 saturated carbocycles. The maximum atomic E-state index is 12.6. The zero-order valence-electron chi connectivity index (χ0n) is 13.2. The summed E-state index contributed by atoms with van der Waals surface area (Å²) >= 11 is 0. The maximum Gasteiger partial charge on any atom is 0.142 e. The van der Waals surface area contributed by atoms with E-state index in [2.05, 4.69) is 10.3 Å². The Hall–Kier alpha value is -1.42. The van der Waals surface area contributed by atoms with Gasteiger partial charge in [-0.25, -0.2) is 0 Å². The van der Waals surface area contributed by atoms with Crippen LogP contribution in [0.15, 0.2) is 6.20 Å². The lowest BCUT2D eigenvalue weighted by Crippen LogP contribution is -2.31. The predicted octanol–water partition coefficient (Wildman–Crippen LogP) is 2.21. The van der Waals surface area contributed by atoms with E-state index in [-0.39, 0.29) is 5.92 Å². The number of carbonyl (C=O) groups is 1. The number of carbonyl (C=O) groups excluding carboxylic acids is 1. The molecule has 0 radical (unpaired) electrons. The largest absolute Gasteiger partial charge is 0.496 e. The van der Waals surface area contributed by atoms with Crippen molar-refractivity contribution in [2.75, 3.05) is 20.2 Å². The molecule has 0 bridgehead atoms. The summed E-state index contributed by atoms with van der Waals surface area (Å²) in [5, 5.41) is 3.38. The summed E-state index contributed by atoms with van der Waals surface area (Å²) in [5.41, 5.74) is 3.21. The first-order chi connectivity index (χ1) is 10.1. The van der Waals surface area contributed by atoms with E-state index in [0.29, 0.717) is 17.6 Å². The van der Waals surface area contributed by atoms with E-state index in [1.54, 1.807) is 7.11 Å². The molecule has 1 aliphatic carbocycles. The molecular formula is C17H24N2O2. The first kappa shape index (κ1) is 14.5. The molecule has 1 saturated heterocycles. The normalized spacial score (nSPS) is 23.1. The van der Waals surface area contributed by atoms with Gasteiger partial charge < -0.3 is 10.1 Å². The number of piperidine rings is 1. The highest BCUT2D eigenvalue weighted by molar-refractivity contribution is 5.86. The molecular weight excluding hydrogens is 264 g/mol. The molecule has 21 heavy (non-hydrogen) atoms. The van der Waals surface area contributed by atoms with Crippen LogP contribution in [0.2, 0.25) is 0 Å². The third-order valence-electron chi connectivity index (χ3n) is 5.27. The number of ether oxygens (including phenoxy) is 1. The minimum atomic E-state index is 0.257. The Morgan fingerprint density at radius 1 is 1.43 bits per heavy atom. The van der Waals surface area contributed by atoms with Gasteiger partial charge in [0.2, 0.25) is 0 Å². The standard InChI is InChI=1S/C17H24N2O2/c1-11-10-19-14(12(2)16(11)21-3)8-15(20)13-9-17(13)4-6-18-7-5-17/h10,13,18H,4-9H2,1-3H3. The Morgan fingerprint density at radius 3 is 2.81 bits per heavy atom. The quantitative estimate of drug-likeness (QED) is 0.923. The van der Waals surface area contributed by atoms with Gasteiger partial charge in [0.1, 0.15) is 11.5 Å². The second kappa shape index (κ2) is 5.41. The van der Waals surface area contributed by atoms with Crippen molar-refractivity contribution < 1.29 is 9.53 Å². The number of nitrogens with zero attached hydrogens (tertiary/aromatic N) is 1. The van der Waals surface area contributed by atoms with E-state index in [4.69, 9.17) is 4.74 Å². The Kier molecular flexibility index (Phi) is 3.74. The van der Waals surface area contributed by atoms with Crippen molar-refractivity contribution in [1.29, 1.82) is 0 Å². The van der Waals surface area contributed by atoms with Crippen molar-refractivity contribution in [3.63, 3.8) is 0 Å². The molecule has 4 nitrogen and oxygen atoms in total. The number of hydrogen-bond donors (Lipinski definition) is 1. The highest BCUT2D eigenvalue weighted by atomic mass is 16.5. The summed E-state index contributed by atoms with van der Waals surface area (Å²) in [6, 6.07) is 0. The van der Waals surface area contributed by atoms with Crippen LogP contribution in [0.3, 0.4) is 0 Å². The number of ketones is 1. The van der Waals surface area contributed by atoms with Crippen LogP contribution in [0.5, 0.6) is 5.75 Å². The van der Waals surface area contributed by atoms with Crippen LogP contribution in [-0.4, -0.2) is 31.0 Å². The molecule has 1 N–H and O–H groups in total. The first-order valence-electron chi connectivity index (χ1n) is 7.80. The molecule has 2 heterocycles. The number of nitrogens with one attached hydrogen (secondary N) is 1. The van der Waals surface area contributed by atoms with Gasteiger partial charge in [0.05, 0.1) is 12.8 Å². The summed E-state index contributed by atoms with van der Waals surface area (Å²) in [5.74, 6) is 1.48. The molecule has 2 fully saturated rings. The van der Waals surface area contributed by atoms with Crippen LogP contribution in [0, 0.1) is 25.2 Å². The topological polar surface area (TPSA) is 51.2 Å². The number of Topliss-reactive ketones (excluding diaryl/α,β-unsaturated/α-hetero) is 1. The van der Waals surface area contributed by atoms with E-state index >= 15 is 0 Å². The summed E-state index contributed by atoms with van der Waals surface area (Å²) < 4.78 is 5.42. The molecule has 0 aromatic carbocycles. The van der Waals surface area contributed by atoms with E-state index in [9.17, 15) is 4.79 Å². The van der Waals surface area contributed by atoms with Crippen LogP contribution < -0.4 is 10.1 Å². The van der Waals surface area contributed by atoms with Gasteiger partial charge in [-0.15, -0.1) is 0 Å². The molecule has 1 unspecified atom stereocenters. The number of hydrogen-bond acceptors (Lipinski definition) is 4. The van der Waals surface area contributed by atoms with Crippen molar-refractivity contribution in [3.8, 4) is 5.75 Å². The van der Waals surface area contributed by atoms with Gasteiger partial charge in [-0.05, 0) is 51.6 Å². The predicted molar refractivity (Wildman–Crippen MR) is 81.6 cm³/mol. The molecule has 3 rings (SSSR count). The molecule has 114 valence electrons. The minimum absolute atomic E-state index is 0.257. The van der Waals surface area contributed by atoms with Crippen molar-refractivity contribution in [3.05, 3.63) is 23.0 Å². The van der Waals surface area contributed by atoms with Gasteiger partial charge >= 0.3 is 0 Å². The van der Waals surface area contributed by atoms with Gasteiger partial charge in [-0.1, -0.05) is 0 Å². The van der Waals surface area contributed by atoms with Gasteiger partial charge in [0.25, 0.3) is 0 Å². The van der Waals surface area contributed by atoms with Crippen molar-refractivity contribution in [1.82, 2.24) is 10.3 Å². The van der Waals surface area contributed by atoms with Crippen LogP contribution >= 0.6 is 0 Å². The zero-order valence-corrected chi connectivity index (χ0v) is 13.2. The number of aryl methyl sites for hydroxylation is 1. The molecule has 2 aliphatic rings. The van der Waals surface area contributed by atoms with Crippen LogP contribution in [0.4, 0.5) is 0 Å².